The molecule has 79 heavy (non-hydrogen) atoms. The van der Waals surface area contributed by atoms with Crippen LogP contribution in [0.3, 0.4) is 0 Å². The number of ketones is 1. The molecule has 0 unspecified atom stereocenters. The summed E-state index contributed by atoms with van der Waals surface area (Å²) in [5.74, 6) is -58.9. The summed E-state index contributed by atoms with van der Waals surface area (Å²) in [6, 6.07) is 9.64. The van der Waals surface area contributed by atoms with Crippen LogP contribution in [-0.2, 0) is 33.3 Å². The van der Waals surface area contributed by atoms with Crippen LogP contribution in [0.1, 0.15) is 37.2 Å². The van der Waals surface area contributed by atoms with Crippen molar-refractivity contribution >= 4 is 62.8 Å². The van der Waals surface area contributed by atoms with Crippen molar-refractivity contribution in [3.8, 4) is 0 Å². The Morgan fingerprint density at radius 2 is 0.468 bits per heavy atom. The van der Waals surface area contributed by atoms with E-state index in [0.717, 1.165) is 60.7 Å². The predicted octanol–water partition coefficient (Wildman–Crippen LogP) is 15.1. The van der Waals surface area contributed by atoms with Gasteiger partial charge in [-0.2, -0.15) is 0 Å². The molecule has 6 aromatic rings. The summed E-state index contributed by atoms with van der Waals surface area (Å²) in [6.45, 7) is 3.06. The van der Waals surface area contributed by atoms with Gasteiger partial charge in [0, 0.05) is 0 Å². The zero-order valence-electron chi connectivity index (χ0n) is 38.1. The van der Waals surface area contributed by atoms with Crippen molar-refractivity contribution in [3.63, 3.8) is 0 Å². The quantitative estimate of drug-likeness (QED) is 0.0426. The molecule has 0 saturated heterocycles. The Morgan fingerprint density at radius 1 is 0.329 bits per heavy atom. The fourth-order valence-corrected chi connectivity index (χ4v) is 9.94. The van der Waals surface area contributed by atoms with Crippen molar-refractivity contribution in [2.75, 3.05) is 0 Å². The molecule has 0 spiro atoms. The Bertz CT molecular complexity index is 2730. The third-order valence-corrected chi connectivity index (χ3v) is 13.2. The summed E-state index contributed by atoms with van der Waals surface area (Å²) in [7, 11) is -9.60. The first kappa shape index (κ1) is 68.7. The minimum Gasteiger partial charge on any atom is 2.00 e. The standard InChI is InChI=1S/C38H12F20O2P2.C5H5.C3H6O.6FH.Ru.Sb/c39-13-17(43)25(51)35(26(52)18(13)44)61(36-27(53)19(45)14(40)20(46)28(36)54)59-33(11-7-3-1-4-8-11)34(12-9-5-2-6-10-12)60-62(37-29(55)21(47)15(41)22(48)30(37)56)38-31(57)23(49)16(42)24(50)32(38)58;1-2-4-5-3-1;1-3(2)4;;;;;;;;/h1-10,33-34H;1-5H;1-2H3;6*1H;;/q;;;;;;;;;+2;+5/p-6/t33-,34-;;;;;;;;;;/m1........../s1. The van der Waals surface area contributed by atoms with E-state index in [1.165, 1.54) is 13.8 Å². The van der Waals surface area contributed by atoms with Gasteiger partial charge in [0.1, 0.15) is 34.3 Å². The minimum atomic E-state index is -11.2. The van der Waals surface area contributed by atoms with E-state index in [9.17, 15) is 74.4 Å². The molecule has 0 aromatic heterocycles. The molecule has 33 heteroatoms. The summed E-state index contributed by atoms with van der Waals surface area (Å²) >= 11 is -11.2. The first-order chi connectivity index (χ1) is 35.8. The van der Waals surface area contributed by atoms with E-state index >= 15 is 35.1 Å². The molecule has 7 rings (SSSR count). The number of hydrogen-bond acceptors (Lipinski definition) is 3. The number of carbonyl (C=O) groups is 1. The average Bonchev–Trinajstić information content (AvgIpc) is 3.97. The fourth-order valence-electron chi connectivity index (χ4n) is 5.94. The number of rotatable bonds is 11. The molecule has 1 aliphatic rings. The van der Waals surface area contributed by atoms with E-state index in [1.54, 1.807) is 0 Å². The molecule has 429 valence electrons. The molecule has 5 radical (unpaired) electrons. The van der Waals surface area contributed by atoms with Gasteiger partial charge in [0.2, 0.25) is 23.3 Å². The molecule has 0 amide bonds. The number of carbonyl (C=O) groups excluding carboxylic acids is 1. The van der Waals surface area contributed by atoms with E-state index in [4.69, 9.17) is 9.05 Å². The molecule has 1 saturated carbocycles. The molecule has 0 N–H and O–H groups in total. The Balaban J connectivity index is 0.000000837. The molecule has 3 nitrogen and oxygen atoms in total. The number of hydrogen-bond donors (Lipinski definition) is 0. The number of halogens is 26. The Morgan fingerprint density at radius 3 is 0.620 bits per heavy atom. The summed E-state index contributed by atoms with van der Waals surface area (Å²) < 4.78 is 371. The van der Waals surface area contributed by atoms with Crippen molar-refractivity contribution in [1.29, 1.82) is 0 Å². The van der Waals surface area contributed by atoms with Gasteiger partial charge >= 0.3 is 55.8 Å². The van der Waals surface area contributed by atoms with Gasteiger partial charge in [-0.05, 0) is 57.1 Å². The second-order valence-corrected chi connectivity index (χ2v) is 23.8. The van der Waals surface area contributed by atoms with Crippen LogP contribution in [-0.4, -0.2) is 25.3 Å². The first-order valence-electron chi connectivity index (χ1n) is 20.1. The van der Waals surface area contributed by atoms with Gasteiger partial charge in [-0.25, -0.2) is 87.8 Å². The minimum absolute atomic E-state index is 0. The molecular formula is C46H23F26O3P2RuSb+. The van der Waals surface area contributed by atoms with Crippen LogP contribution >= 0.6 is 16.3 Å². The smallest absolute Gasteiger partial charge is 2.00 e. The van der Waals surface area contributed by atoms with Gasteiger partial charge in [-0.1, -0.05) is 60.7 Å². The van der Waals surface area contributed by atoms with Crippen molar-refractivity contribution < 1.29 is 138 Å². The summed E-state index contributed by atoms with van der Waals surface area (Å²) in [5.41, 5.74) is -1.38. The maximum atomic E-state index is 15.6. The van der Waals surface area contributed by atoms with Crippen LogP contribution in [0.4, 0.5) is 105 Å². The summed E-state index contributed by atoms with van der Waals surface area (Å²) in [5, 5.41) is -9.80. The van der Waals surface area contributed by atoms with Gasteiger partial charge in [-0.3, -0.25) is 0 Å². The third-order valence-electron chi connectivity index (χ3n) is 9.08. The zero-order chi connectivity index (χ0) is 59.3. The van der Waals surface area contributed by atoms with Gasteiger partial charge in [-0.15, -0.1) is 0 Å². The van der Waals surface area contributed by atoms with E-state index in [2.05, 4.69) is 0 Å². The Hall–Kier alpha value is -4.61. The molecule has 0 bridgehead atoms. The van der Waals surface area contributed by atoms with Crippen LogP contribution in [0.25, 0.3) is 0 Å². The molecule has 1 aliphatic carbocycles. The zero-order valence-corrected chi connectivity index (χ0v) is 44.1. The monoisotopic (exact) mass is 1400 g/mol. The van der Waals surface area contributed by atoms with Crippen LogP contribution in [0.2, 0.25) is 0 Å². The summed E-state index contributed by atoms with van der Waals surface area (Å²) in [4.78, 5) is 9.44. The second kappa shape index (κ2) is 26.5. The van der Waals surface area contributed by atoms with Gasteiger partial charge < -0.3 is 13.8 Å². The SMILES string of the molecule is CC(C)=O.Fc1c(F)c(F)c(P(O[C@H](c2ccccc2)[C@H](OP(c2c(F)c(F)c(F)c(F)c2F)c2c(F)c(F)c(F)c(F)c2F)c2ccccc2)c2c(F)c(F)c(F)c(F)c2F)c(F)c1F.[CH]1[CH][CH][CH][CH]1.[F][Sb-]([F])([F])([F])([F])[F].[Ru+2]. The van der Waals surface area contributed by atoms with Crippen LogP contribution < -0.4 is 21.2 Å². The molecule has 2 atom stereocenters. The van der Waals surface area contributed by atoms with E-state index < -0.39 is 197 Å². The maximum Gasteiger partial charge on any atom is 2.00 e. The molecule has 1 fully saturated rings. The van der Waals surface area contributed by atoms with Crippen molar-refractivity contribution in [2.24, 2.45) is 0 Å². The third kappa shape index (κ3) is 17.0. The Labute approximate surface area is 445 Å². The van der Waals surface area contributed by atoms with Crippen LogP contribution in [0, 0.1) is 148 Å². The van der Waals surface area contributed by atoms with Crippen molar-refractivity contribution in [2.45, 2.75) is 26.1 Å². The number of Topliss-reactive ketones (excluding diaryl/α,β-unsaturated/α-hetero) is 1. The van der Waals surface area contributed by atoms with Crippen LogP contribution in [0.15, 0.2) is 60.7 Å². The molecule has 0 aliphatic heterocycles. The average molecular weight is 1400 g/mol. The maximum absolute atomic E-state index is 15.6. The second-order valence-electron chi connectivity index (χ2n) is 15.0. The normalized spacial score (nSPS) is 13.9. The van der Waals surface area contributed by atoms with E-state index in [1.807, 2.05) is 32.1 Å². The Kier molecular flexibility index (Phi) is 23.1. The largest absolute Gasteiger partial charge is 2.00 e. The van der Waals surface area contributed by atoms with Crippen LogP contribution in [0.5, 0.6) is 0 Å². The first-order valence-corrected chi connectivity index (χ1v) is 28.4. The van der Waals surface area contributed by atoms with Gasteiger partial charge in [0.05, 0.1) is 21.2 Å². The molecular weight excluding hydrogens is 1380 g/mol. The predicted molar refractivity (Wildman–Crippen MR) is 228 cm³/mol. The van der Waals surface area contributed by atoms with Gasteiger partial charge in [0.15, 0.2) is 93.1 Å². The fraction of sp³-hybridized carbons (Fsp3) is 0.0870. The van der Waals surface area contributed by atoms with Crippen molar-refractivity contribution in [1.82, 2.24) is 0 Å². The molecule has 0 heterocycles. The number of benzene rings is 6. The van der Waals surface area contributed by atoms with E-state index in [-0.39, 0.29) is 25.3 Å². The van der Waals surface area contributed by atoms with Crippen molar-refractivity contribution in [3.05, 3.63) is 220 Å². The van der Waals surface area contributed by atoms with E-state index in [0.29, 0.717) is 0 Å². The summed E-state index contributed by atoms with van der Waals surface area (Å²) in [6.07, 6.45) is 4.39. The van der Waals surface area contributed by atoms with Gasteiger partial charge in [0.25, 0.3) is 0 Å². The molecule has 6 aromatic carbocycles. The topological polar surface area (TPSA) is 35.5 Å².